The summed E-state index contributed by atoms with van der Waals surface area (Å²) in [4.78, 5) is 14.3. The van der Waals surface area contributed by atoms with Gasteiger partial charge in [-0.15, -0.1) is 0 Å². The number of piperazine rings is 1. The van der Waals surface area contributed by atoms with Crippen molar-refractivity contribution in [3.05, 3.63) is 53.6 Å². The second-order valence-electron chi connectivity index (χ2n) is 19.6. The summed E-state index contributed by atoms with van der Waals surface area (Å²) in [6, 6.07) is 7.67. The van der Waals surface area contributed by atoms with Crippen LogP contribution in [0.3, 0.4) is 0 Å². The summed E-state index contributed by atoms with van der Waals surface area (Å²) in [6.45, 7) is 31.8. The number of benzene rings is 1. The van der Waals surface area contributed by atoms with E-state index in [1.165, 1.54) is 101 Å². The lowest BCUT2D eigenvalue weighted by atomic mass is 9.33. The molecule has 5 aliphatic carbocycles. The van der Waals surface area contributed by atoms with Crippen molar-refractivity contribution in [2.75, 3.05) is 39.3 Å². The largest absolute Gasteiger partial charge is 0.478 e. The van der Waals surface area contributed by atoms with E-state index in [9.17, 15) is 9.90 Å². The highest BCUT2D eigenvalue weighted by Crippen LogP contribution is 2.76. The summed E-state index contributed by atoms with van der Waals surface area (Å²) in [5.41, 5.74) is 5.65. The number of rotatable bonds is 9. The number of nitrogens with zero attached hydrogens (tertiary/aromatic N) is 2. The van der Waals surface area contributed by atoms with Gasteiger partial charge in [-0.25, -0.2) is 9.10 Å². The van der Waals surface area contributed by atoms with Gasteiger partial charge in [0.2, 0.25) is 0 Å². The molecule has 2 N–H and O–H groups in total. The standard InChI is InChI=1S/C45H69N3O2S/c1-30(2)34-16-21-45(46-24-25-47-26-28-48(29-27-47)51-31(3)4)23-22-43(8)36(39(34)45)14-15-38-42(7)19-17-35(32-10-12-33(13-11-32)40(49)50)41(5,6)37(42)18-20-44(38,43)9/h10-13,17,31,34,36-39,46H,1,14-16,18-29H2,2-9H3,(H,49,50)/t34-,36+,37?,38?,39?,42-,43+,44+,45-/m0/s1. The van der Waals surface area contributed by atoms with Crippen molar-refractivity contribution < 1.29 is 9.90 Å². The van der Waals surface area contributed by atoms with Crippen LogP contribution in [-0.4, -0.2) is 70.3 Å². The normalized spacial score (nSPS) is 40.9. The van der Waals surface area contributed by atoms with Crippen LogP contribution >= 0.6 is 11.9 Å². The summed E-state index contributed by atoms with van der Waals surface area (Å²) >= 11 is 2.03. The maximum Gasteiger partial charge on any atom is 0.335 e. The van der Waals surface area contributed by atoms with E-state index in [0.717, 1.165) is 18.9 Å². The number of hydrogen-bond donors (Lipinski definition) is 2. The minimum absolute atomic E-state index is 0.0405. The molecule has 51 heavy (non-hydrogen) atoms. The number of nitrogens with one attached hydrogen (secondary N) is 1. The Morgan fingerprint density at radius 3 is 2.27 bits per heavy atom. The number of aromatic carboxylic acids is 1. The number of hydrogen-bond acceptors (Lipinski definition) is 5. The van der Waals surface area contributed by atoms with Gasteiger partial charge in [-0.2, -0.15) is 0 Å². The van der Waals surface area contributed by atoms with Crippen LogP contribution in [0.15, 0.2) is 42.5 Å². The number of carboxylic acids is 1. The van der Waals surface area contributed by atoms with E-state index >= 15 is 0 Å². The van der Waals surface area contributed by atoms with Crippen LogP contribution in [0.25, 0.3) is 5.57 Å². The first-order chi connectivity index (χ1) is 24.1. The molecule has 1 saturated heterocycles. The van der Waals surface area contributed by atoms with Crippen molar-refractivity contribution in [3.8, 4) is 0 Å². The molecule has 1 aliphatic heterocycles. The fraction of sp³-hybridized carbons (Fsp3) is 0.756. The molecule has 282 valence electrons. The lowest BCUT2D eigenvalue weighted by Crippen LogP contribution is -2.68. The number of allylic oxidation sites excluding steroid dienone is 3. The first kappa shape index (κ1) is 37.7. The Morgan fingerprint density at radius 1 is 0.922 bits per heavy atom. The van der Waals surface area contributed by atoms with Gasteiger partial charge in [0, 0.05) is 50.1 Å². The van der Waals surface area contributed by atoms with E-state index in [2.05, 4.69) is 82.6 Å². The third-order valence-corrected chi connectivity index (χ3v) is 17.8. The van der Waals surface area contributed by atoms with Crippen molar-refractivity contribution in [1.82, 2.24) is 14.5 Å². The van der Waals surface area contributed by atoms with Crippen LogP contribution in [0.2, 0.25) is 0 Å². The molecule has 7 rings (SSSR count). The molecule has 4 saturated carbocycles. The van der Waals surface area contributed by atoms with Crippen molar-refractivity contribution >= 4 is 23.5 Å². The van der Waals surface area contributed by atoms with E-state index in [0.29, 0.717) is 45.3 Å². The second kappa shape index (κ2) is 13.6. The fourth-order valence-corrected chi connectivity index (χ4v) is 15.1. The molecule has 5 fully saturated rings. The average Bonchev–Trinajstić information content (AvgIpc) is 3.45. The number of carboxylic acid groups (broad SMARTS) is 1. The van der Waals surface area contributed by atoms with Crippen LogP contribution in [0.5, 0.6) is 0 Å². The SMILES string of the molecule is C=C(C)[C@@H]1CC[C@]2(NCCN3CCN(SC(C)C)CC3)CC[C@]3(C)[C@H](CCC4[C@@]5(C)CC=C(c6ccc(C(=O)O)cc6)C(C)(C)C5CC[C@]43C)C12. The van der Waals surface area contributed by atoms with Gasteiger partial charge in [0.25, 0.3) is 0 Å². The predicted octanol–water partition coefficient (Wildman–Crippen LogP) is 10.1. The lowest BCUT2D eigenvalue weighted by Gasteiger charge is -2.72. The number of carbonyl (C=O) groups is 1. The number of fused-ring (bicyclic) bond motifs is 7. The Bertz CT molecular complexity index is 1510. The highest BCUT2D eigenvalue weighted by Gasteiger charge is 2.70. The smallest absolute Gasteiger partial charge is 0.335 e. The van der Waals surface area contributed by atoms with Gasteiger partial charge in [0.1, 0.15) is 0 Å². The van der Waals surface area contributed by atoms with Crippen LogP contribution in [0, 0.1) is 51.2 Å². The molecule has 9 atom stereocenters. The quantitative estimate of drug-likeness (QED) is 0.196. The zero-order valence-electron chi connectivity index (χ0n) is 33.3. The van der Waals surface area contributed by atoms with Crippen LogP contribution in [0.1, 0.15) is 129 Å². The Balaban J connectivity index is 1.11. The fourth-order valence-electron chi connectivity index (χ4n) is 14.2. The van der Waals surface area contributed by atoms with Gasteiger partial charge < -0.3 is 10.4 Å². The molecule has 5 nitrogen and oxygen atoms in total. The Morgan fingerprint density at radius 2 is 1.63 bits per heavy atom. The monoisotopic (exact) mass is 716 g/mol. The maximum absolute atomic E-state index is 11.6. The molecule has 3 unspecified atom stereocenters. The third kappa shape index (κ3) is 6.13. The Kier molecular flexibility index (Phi) is 10.1. The van der Waals surface area contributed by atoms with Crippen molar-refractivity contribution in [2.24, 2.45) is 51.2 Å². The van der Waals surface area contributed by atoms with E-state index in [-0.39, 0.29) is 16.4 Å². The molecule has 0 amide bonds. The lowest BCUT2D eigenvalue weighted by molar-refractivity contribution is -0.219. The molecule has 1 aromatic rings. The van der Waals surface area contributed by atoms with E-state index in [1.807, 2.05) is 24.1 Å². The summed E-state index contributed by atoms with van der Waals surface area (Å²) in [5.74, 6) is 2.56. The molecule has 1 heterocycles. The maximum atomic E-state index is 11.6. The van der Waals surface area contributed by atoms with Gasteiger partial charge in [-0.3, -0.25) is 4.90 Å². The van der Waals surface area contributed by atoms with E-state index in [4.69, 9.17) is 0 Å². The van der Waals surface area contributed by atoms with Crippen LogP contribution in [-0.2, 0) is 0 Å². The summed E-state index contributed by atoms with van der Waals surface area (Å²) in [7, 11) is 0. The van der Waals surface area contributed by atoms with Crippen LogP contribution in [0.4, 0.5) is 0 Å². The van der Waals surface area contributed by atoms with Crippen molar-refractivity contribution in [3.63, 3.8) is 0 Å². The van der Waals surface area contributed by atoms with E-state index in [1.54, 1.807) is 12.1 Å². The molecule has 1 aromatic carbocycles. The zero-order chi connectivity index (χ0) is 36.6. The third-order valence-electron chi connectivity index (χ3n) is 16.7. The molecule has 6 heteroatoms. The minimum Gasteiger partial charge on any atom is -0.478 e. The van der Waals surface area contributed by atoms with E-state index < -0.39 is 5.97 Å². The highest BCUT2D eigenvalue weighted by molar-refractivity contribution is 7.97. The van der Waals surface area contributed by atoms with Gasteiger partial charge in [-0.05, 0) is 139 Å². The summed E-state index contributed by atoms with van der Waals surface area (Å²) in [5, 5.41) is 14.5. The Labute approximate surface area is 315 Å². The summed E-state index contributed by atoms with van der Waals surface area (Å²) < 4.78 is 2.58. The topological polar surface area (TPSA) is 55.8 Å². The molecule has 0 radical (unpaired) electrons. The molecular formula is C45H69N3O2S. The second-order valence-corrected chi connectivity index (χ2v) is 21.3. The van der Waals surface area contributed by atoms with Gasteiger partial charge in [0.15, 0.2) is 0 Å². The molecule has 0 aromatic heterocycles. The minimum atomic E-state index is -0.852. The van der Waals surface area contributed by atoms with Crippen molar-refractivity contribution in [2.45, 2.75) is 124 Å². The highest BCUT2D eigenvalue weighted by atomic mass is 32.2. The zero-order valence-corrected chi connectivity index (χ0v) is 34.1. The van der Waals surface area contributed by atoms with Crippen LogP contribution < -0.4 is 5.32 Å². The molecule has 0 spiro atoms. The molecule has 0 bridgehead atoms. The summed E-state index contributed by atoms with van der Waals surface area (Å²) in [6.07, 6.45) is 14.3. The van der Waals surface area contributed by atoms with Gasteiger partial charge in [-0.1, -0.05) is 90.8 Å². The first-order valence-corrected chi connectivity index (χ1v) is 21.5. The van der Waals surface area contributed by atoms with Gasteiger partial charge in [0.05, 0.1) is 5.56 Å². The first-order valence-electron chi connectivity index (χ1n) is 20.6. The van der Waals surface area contributed by atoms with Gasteiger partial charge >= 0.3 is 5.97 Å². The van der Waals surface area contributed by atoms with Crippen molar-refractivity contribution in [1.29, 1.82) is 0 Å². The average molecular weight is 716 g/mol. The molecular weight excluding hydrogens is 647 g/mol. The molecule has 6 aliphatic rings. The predicted molar refractivity (Wildman–Crippen MR) is 215 cm³/mol. The Hall–Kier alpha value is -1.60.